The fourth-order valence-corrected chi connectivity index (χ4v) is 7.56. The number of fused-ring (bicyclic) bond motifs is 4. The van der Waals surface area contributed by atoms with Crippen LogP contribution in [0.2, 0.25) is 0 Å². The Kier molecular flexibility index (Phi) is 7.67. The highest BCUT2D eigenvalue weighted by Gasteiger charge is 2.47. The SMILES string of the molecule is C=C/C=C(\C=C)N(c1cc2c(c(C=C)c1C=C)-c1ccc(C)cc1C2(c1ccccc1)c1ccccc1)c1cccc2ccccc12. The highest BCUT2D eigenvalue weighted by molar-refractivity contribution is 6.02. The number of nitrogens with zero attached hydrogens (tertiary/aromatic N) is 1. The van der Waals surface area contributed by atoms with Gasteiger partial charge in [-0.25, -0.2) is 0 Å². The van der Waals surface area contributed by atoms with Gasteiger partial charge >= 0.3 is 0 Å². The van der Waals surface area contributed by atoms with Gasteiger partial charge in [0.2, 0.25) is 0 Å². The molecule has 1 nitrogen and oxygen atoms in total. The van der Waals surface area contributed by atoms with E-state index >= 15 is 0 Å². The minimum atomic E-state index is -0.577. The third-order valence-corrected chi connectivity index (χ3v) is 9.46. The maximum absolute atomic E-state index is 4.41. The van der Waals surface area contributed by atoms with Crippen molar-refractivity contribution in [2.45, 2.75) is 12.3 Å². The van der Waals surface area contributed by atoms with Crippen LogP contribution in [0.1, 0.15) is 38.9 Å². The van der Waals surface area contributed by atoms with Gasteiger partial charge in [-0.15, -0.1) is 0 Å². The van der Waals surface area contributed by atoms with Crippen LogP contribution in [0.25, 0.3) is 34.1 Å². The van der Waals surface area contributed by atoms with Crippen LogP contribution >= 0.6 is 0 Å². The van der Waals surface area contributed by atoms with E-state index in [1.165, 1.54) is 38.9 Å². The van der Waals surface area contributed by atoms with Crippen molar-refractivity contribution in [1.29, 1.82) is 0 Å². The van der Waals surface area contributed by atoms with E-state index in [1.54, 1.807) is 0 Å². The Morgan fingerprint density at radius 3 is 1.89 bits per heavy atom. The quantitative estimate of drug-likeness (QED) is 0.148. The molecule has 0 saturated heterocycles. The molecule has 7 rings (SSSR count). The smallest absolute Gasteiger partial charge is 0.0714 e. The summed E-state index contributed by atoms with van der Waals surface area (Å²) < 4.78 is 0. The molecule has 1 aliphatic rings. The Labute approximate surface area is 278 Å². The van der Waals surface area contributed by atoms with Gasteiger partial charge in [0.25, 0.3) is 0 Å². The van der Waals surface area contributed by atoms with E-state index in [2.05, 4.69) is 166 Å². The average Bonchev–Trinajstić information content (AvgIpc) is 3.41. The second-order valence-electron chi connectivity index (χ2n) is 11.9. The maximum Gasteiger partial charge on any atom is 0.0714 e. The molecule has 6 aromatic carbocycles. The number of anilines is 2. The van der Waals surface area contributed by atoms with Crippen molar-refractivity contribution >= 4 is 34.3 Å². The lowest BCUT2D eigenvalue weighted by atomic mass is 9.67. The first-order valence-corrected chi connectivity index (χ1v) is 16.0. The van der Waals surface area contributed by atoms with Crippen molar-refractivity contribution in [2.75, 3.05) is 4.90 Å². The fourth-order valence-electron chi connectivity index (χ4n) is 7.56. The van der Waals surface area contributed by atoms with E-state index in [1.807, 2.05) is 30.4 Å². The van der Waals surface area contributed by atoms with Crippen LogP contribution in [0, 0.1) is 6.92 Å². The van der Waals surface area contributed by atoms with E-state index in [4.69, 9.17) is 0 Å². The van der Waals surface area contributed by atoms with Gasteiger partial charge in [0, 0.05) is 16.6 Å². The van der Waals surface area contributed by atoms with Crippen LogP contribution in [0.4, 0.5) is 11.4 Å². The molecule has 6 aromatic rings. The Balaban J connectivity index is 1.69. The van der Waals surface area contributed by atoms with Crippen molar-refractivity contribution in [3.8, 4) is 11.1 Å². The molecule has 47 heavy (non-hydrogen) atoms. The lowest BCUT2D eigenvalue weighted by Crippen LogP contribution is -2.29. The first-order chi connectivity index (χ1) is 23.1. The van der Waals surface area contributed by atoms with Gasteiger partial charge in [-0.1, -0.05) is 165 Å². The molecule has 0 spiro atoms. The lowest BCUT2D eigenvalue weighted by Gasteiger charge is -2.36. The molecule has 0 aliphatic heterocycles. The van der Waals surface area contributed by atoms with Crippen LogP contribution in [-0.4, -0.2) is 0 Å². The van der Waals surface area contributed by atoms with Gasteiger partial charge in [0.05, 0.1) is 16.8 Å². The first kappa shape index (κ1) is 29.8. The molecule has 0 unspecified atom stereocenters. The van der Waals surface area contributed by atoms with Gasteiger partial charge in [0.1, 0.15) is 0 Å². The molecule has 0 radical (unpaired) electrons. The Morgan fingerprint density at radius 2 is 1.26 bits per heavy atom. The maximum atomic E-state index is 4.41. The second kappa shape index (κ2) is 12.1. The molecular weight excluding hydrogens is 567 g/mol. The summed E-state index contributed by atoms with van der Waals surface area (Å²) in [6, 6.07) is 46.0. The number of benzene rings is 6. The molecule has 0 saturated carbocycles. The van der Waals surface area contributed by atoms with E-state index in [-0.39, 0.29) is 0 Å². The summed E-state index contributed by atoms with van der Waals surface area (Å²) in [5.74, 6) is 0. The highest BCUT2D eigenvalue weighted by Crippen LogP contribution is 2.59. The summed E-state index contributed by atoms with van der Waals surface area (Å²) in [6.07, 6.45) is 9.71. The average molecular weight is 604 g/mol. The van der Waals surface area contributed by atoms with Gasteiger partial charge in [-0.2, -0.15) is 0 Å². The predicted molar refractivity (Wildman–Crippen MR) is 203 cm³/mol. The summed E-state index contributed by atoms with van der Waals surface area (Å²) in [6.45, 7) is 19.3. The van der Waals surface area contributed by atoms with Crippen molar-refractivity contribution < 1.29 is 0 Å². The molecule has 0 atom stereocenters. The highest BCUT2D eigenvalue weighted by atomic mass is 15.2. The van der Waals surface area contributed by atoms with Gasteiger partial charge in [-0.3, -0.25) is 0 Å². The monoisotopic (exact) mass is 603 g/mol. The van der Waals surface area contributed by atoms with Crippen molar-refractivity contribution in [2.24, 2.45) is 0 Å². The van der Waals surface area contributed by atoms with E-state index in [0.717, 1.165) is 39.0 Å². The fraction of sp³-hybridized carbons (Fsp3) is 0.0435. The molecule has 1 aliphatic carbocycles. The minimum absolute atomic E-state index is 0.577. The molecule has 0 N–H and O–H groups in total. The van der Waals surface area contributed by atoms with E-state index < -0.39 is 5.41 Å². The molecule has 0 aromatic heterocycles. The molecule has 0 amide bonds. The van der Waals surface area contributed by atoms with Crippen molar-refractivity contribution in [3.05, 3.63) is 217 Å². The minimum Gasteiger partial charge on any atom is -0.309 e. The third-order valence-electron chi connectivity index (χ3n) is 9.46. The molecular formula is C46H37N. The summed E-state index contributed by atoms with van der Waals surface area (Å²) in [5, 5.41) is 2.30. The van der Waals surface area contributed by atoms with Crippen LogP contribution < -0.4 is 4.90 Å². The Bertz CT molecular complexity index is 2170. The Hall–Kier alpha value is -5.92. The standard InChI is InChI=1S/C46H37N/c1-6-19-36(7-2)47(43-27-18-21-33-20-16-17-26-39(33)43)44-31-42-45(38(9-4)37(44)8-3)40-29-28-32(5)30-41(40)46(42,34-22-12-10-13-23-34)35-24-14-11-15-25-35/h6-31H,1-4H2,5H3/b36-19+. The number of aryl methyl sites for hydroxylation is 1. The predicted octanol–water partition coefficient (Wildman–Crippen LogP) is 12.2. The number of rotatable bonds is 9. The molecule has 226 valence electrons. The summed E-state index contributed by atoms with van der Waals surface area (Å²) in [5.41, 5.74) is 13.0. The van der Waals surface area contributed by atoms with Gasteiger partial charge < -0.3 is 4.90 Å². The zero-order valence-electron chi connectivity index (χ0n) is 26.8. The molecule has 0 bridgehead atoms. The van der Waals surface area contributed by atoms with E-state index in [0.29, 0.717) is 0 Å². The van der Waals surface area contributed by atoms with Gasteiger partial charge in [0.15, 0.2) is 0 Å². The third kappa shape index (κ3) is 4.55. The van der Waals surface area contributed by atoms with E-state index in [9.17, 15) is 0 Å². The van der Waals surface area contributed by atoms with Crippen LogP contribution in [0.3, 0.4) is 0 Å². The first-order valence-electron chi connectivity index (χ1n) is 16.0. The number of allylic oxidation sites excluding steroid dienone is 3. The van der Waals surface area contributed by atoms with Crippen LogP contribution in [0.15, 0.2) is 178 Å². The van der Waals surface area contributed by atoms with Crippen molar-refractivity contribution in [1.82, 2.24) is 0 Å². The normalized spacial score (nSPS) is 13.0. The number of hydrogen-bond donors (Lipinski definition) is 0. The molecule has 0 heterocycles. The molecule has 1 heteroatoms. The lowest BCUT2D eigenvalue weighted by molar-refractivity contribution is 0.767. The molecule has 0 fully saturated rings. The largest absolute Gasteiger partial charge is 0.309 e. The number of hydrogen-bond acceptors (Lipinski definition) is 1. The zero-order valence-corrected chi connectivity index (χ0v) is 26.8. The van der Waals surface area contributed by atoms with Crippen LogP contribution in [-0.2, 0) is 5.41 Å². The summed E-state index contributed by atoms with van der Waals surface area (Å²) in [4.78, 5) is 2.30. The van der Waals surface area contributed by atoms with Crippen molar-refractivity contribution in [3.63, 3.8) is 0 Å². The summed E-state index contributed by atoms with van der Waals surface area (Å²) >= 11 is 0. The van der Waals surface area contributed by atoms with Crippen LogP contribution in [0.5, 0.6) is 0 Å². The zero-order chi connectivity index (χ0) is 32.5. The Morgan fingerprint density at radius 1 is 0.617 bits per heavy atom. The summed E-state index contributed by atoms with van der Waals surface area (Å²) in [7, 11) is 0. The second-order valence-corrected chi connectivity index (χ2v) is 11.9. The van der Waals surface area contributed by atoms with Gasteiger partial charge in [-0.05, 0) is 75.5 Å². The topological polar surface area (TPSA) is 3.24 Å².